The van der Waals surface area contributed by atoms with Crippen LogP contribution in [0.25, 0.3) is 22.0 Å². The summed E-state index contributed by atoms with van der Waals surface area (Å²) in [5.41, 5.74) is 7.22. The number of hydroxylamine groups is 1. The molecule has 0 saturated carbocycles. The highest BCUT2D eigenvalue weighted by Gasteiger charge is 2.43. The fourth-order valence-corrected chi connectivity index (χ4v) is 6.20. The van der Waals surface area contributed by atoms with E-state index in [9.17, 15) is 4.79 Å². The Morgan fingerprint density at radius 2 is 1.77 bits per heavy atom. The van der Waals surface area contributed by atoms with Crippen LogP contribution in [-0.2, 0) is 10.3 Å². The van der Waals surface area contributed by atoms with Crippen LogP contribution in [0.4, 0.5) is 5.69 Å². The first-order chi connectivity index (χ1) is 18.9. The van der Waals surface area contributed by atoms with Crippen molar-refractivity contribution in [2.24, 2.45) is 4.99 Å². The number of rotatable bonds is 3. The minimum absolute atomic E-state index is 0.0264. The quantitative estimate of drug-likeness (QED) is 0.342. The zero-order chi connectivity index (χ0) is 26.7. The number of piperidine rings is 1. The summed E-state index contributed by atoms with van der Waals surface area (Å²) in [6.07, 6.45) is 4.04. The first kappa shape index (κ1) is 24.0. The largest absolute Gasteiger partial charge is 0.492 e. The molecule has 39 heavy (non-hydrogen) atoms. The van der Waals surface area contributed by atoms with Crippen molar-refractivity contribution in [3.63, 3.8) is 0 Å². The second-order valence-electron chi connectivity index (χ2n) is 11.1. The van der Waals surface area contributed by atoms with Crippen molar-refractivity contribution in [3.05, 3.63) is 83.6 Å². The van der Waals surface area contributed by atoms with Crippen molar-refractivity contribution in [2.45, 2.75) is 32.1 Å². The minimum atomic E-state index is -0.0264. The molecule has 1 fully saturated rings. The van der Waals surface area contributed by atoms with E-state index in [2.05, 4.69) is 48.1 Å². The van der Waals surface area contributed by atoms with E-state index in [0.29, 0.717) is 18.1 Å². The van der Waals surface area contributed by atoms with Gasteiger partial charge in [0.1, 0.15) is 12.4 Å². The molecule has 4 heterocycles. The molecule has 0 bridgehead atoms. The lowest BCUT2D eigenvalue weighted by Crippen LogP contribution is -2.41. The lowest BCUT2D eigenvalue weighted by molar-refractivity contribution is 0.0965. The van der Waals surface area contributed by atoms with Crippen LogP contribution in [0.2, 0.25) is 0 Å². The van der Waals surface area contributed by atoms with Gasteiger partial charge in [-0.15, -0.1) is 0 Å². The summed E-state index contributed by atoms with van der Waals surface area (Å²) >= 11 is 0. The molecule has 0 N–H and O–H groups in total. The number of hydrogen-bond donors (Lipinski definition) is 0. The van der Waals surface area contributed by atoms with Crippen LogP contribution >= 0.6 is 0 Å². The van der Waals surface area contributed by atoms with E-state index in [4.69, 9.17) is 9.57 Å². The Morgan fingerprint density at radius 3 is 2.49 bits per heavy atom. The van der Waals surface area contributed by atoms with Gasteiger partial charge < -0.3 is 14.5 Å². The summed E-state index contributed by atoms with van der Waals surface area (Å²) < 4.78 is 7.95. The van der Waals surface area contributed by atoms with Crippen LogP contribution < -0.4 is 9.80 Å². The smallest absolute Gasteiger partial charge is 0.262 e. The number of nitrogens with zero attached hydrogens (tertiary/aromatic N) is 4. The van der Waals surface area contributed by atoms with Gasteiger partial charge in [0, 0.05) is 35.0 Å². The van der Waals surface area contributed by atoms with E-state index < -0.39 is 0 Å². The number of anilines is 1. The molecule has 7 nitrogen and oxygen atoms in total. The summed E-state index contributed by atoms with van der Waals surface area (Å²) in [5, 5.41) is 2.81. The molecule has 1 aromatic heterocycles. The zero-order valence-electron chi connectivity index (χ0n) is 22.6. The van der Waals surface area contributed by atoms with Gasteiger partial charge in [-0.25, -0.2) is 4.99 Å². The summed E-state index contributed by atoms with van der Waals surface area (Å²) in [5.74, 6) is 1.62. The summed E-state index contributed by atoms with van der Waals surface area (Å²) in [7, 11) is 2.18. The first-order valence-electron chi connectivity index (χ1n) is 13.6. The summed E-state index contributed by atoms with van der Waals surface area (Å²) in [4.78, 5) is 26.0. The minimum Gasteiger partial charge on any atom is -0.492 e. The number of benzene rings is 3. The van der Waals surface area contributed by atoms with Crippen molar-refractivity contribution in [1.29, 1.82) is 0 Å². The van der Waals surface area contributed by atoms with Crippen molar-refractivity contribution < 1.29 is 14.4 Å². The zero-order valence-corrected chi connectivity index (χ0v) is 22.6. The standard InChI is InChI=1S/C32H32N4O3/c1-21-16-26(36-20-33-22(2)39-36)8-9-27(21)23-4-6-24(7-5-23)31(37)35-13-10-25-17-30-28(18-29(25)35)32(19-38-30)11-14-34(3)15-12-32/h4-10,13,16-18H,11-12,14-15,19-20H2,1-3H3. The van der Waals surface area contributed by atoms with Gasteiger partial charge in [-0.2, -0.15) is 5.06 Å². The van der Waals surface area contributed by atoms with Crippen LogP contribution in [0.5, 0.6) is 5.75 Å². The molecule has 3 aliphatic heterocycles. The van der Waals surface area contributed by atoms with E-state index in [0.717, 1.165) is 71.6 Å². The normalized spacial score (nSPS) is 18.2. The van der Waals surface area contributed by atoms with Gasteiger partial charge in [-0.1, -0.05) is 18.2 Å². The van der Waals surface area contributed by atoms with E-state index in [-0.39, 0.29) is 11.3 Å². The van der Waals surface area contributed by atoms with Crippen LogP contribution in [0.1, 0.15) is 41.3 Å². The van der Waals surface area contributed by atoms with E-state index in [1.165, 1.54) is 5.56 Å². The number of carbonyl (C=O) groups excluding carboxylic acids is 1. The first-order valence-corrected chi connectivity index (χ1v) is 13.6. The Morgan fingerprint density at radius 1 is 0.974 bits per heavy atom. The molecule has 1 saturated heterocycles. The number of aromatic nitrogens is 1. The second-order valence-corrected chi connectivity index (χ2v) is 11.1. The van der Waals surface area contributed by atoms with Crippen molar-refractivity contribution >= 4 is 28.4 Å². The Hall–Kier alpha value is -4.10. The predicted molar refractivity (Wildman–Crippen MR) is 154 cm³/mol. The number of ether oxygens (including phenoxy) is 1. The summed E-state index contributed by atoms with van der Waals surface area (Å²) in [6, 6.07) is 20.5. The molecule has 0 aliphatic carbocycles. The Bertz CT molecular complexity index is 1630. The average molecular weight is 521 g/mol. The van der Waals surface area contributed by atoms with Gasteiger partial charge in [0.15, 0.2) is 0 Å². The van der Waals surface area contributed by atoms with Crippen LogP contribution in [0.3, 0.4) is 0 Å². The van der Waals surface area contributed by atoms with Crippen LogP contribution in [-0.4, -0.2) is 54.7 Å². The number of carbonyl (C=O) groups is 1. The van der Waals surface area contributed by atoms with Gasteiger partial charge in [0.05, 0.1) is 17.8 Å². The maximum Gasteiger partial charge on any atom is 0.262 e. The topological polar surface area (TPSA) is 59.3 Å². The van der Waals surface area contributed by atoms with Crippen molar-refractivity contribution in [1.82, 2.24) is 9.47 Å². The van der Waals surface area contributed by atoms with Gasteiger partial charge >= 0.3 is 0 Å². The van der Waals surface area contributed by atoms with Gasteiger partial charge in [-0.3, -0.25) is 9.36 Å². The van der Waals surface area contributed by atoms with Crippen LogP contribution in [0, 0.1) is 6.92 Å². The van der Waals surface area contributed by atoms with Crippen molar-refractivity contribution in [2.75, 3.05) is 38.5 Å². The highest BCUT2D eigenvalue weighted by atomic mass is 16.7. The second kappa shape index (κ2) is 8.99. The Balaban J connectivity index is 1.16. The van der Waals surface area contributed by atoms with Gasteiger partial charge in [0.2, 0.25) is 5.90 Å². The highest BCUT2D eigenvalue weighted by Crippen LogP contribution is 2.47. The van der Waals surface area contributed by atoms with E-state index in [1.807, 2.05) is 49.5 Å². The van der Waals surface area contributed by atoms with Gasteiger partial charge in [0.25, 0.3) is 5.91 Å². The van der Waals surface area contributed by atoms with Crippen molar-refractivity contribution in [3.8, 4) is 16.9 Å². The number of likely N-dealkylation sites (tertiary alicyclic amines) is 1. The molecular formula is C32H32N4O3. The molecule has 7 rings (SSSR count). The lowest BCUT2D eigenvalue weighted by atomic mass is 9.74. The molecule has 7 heteroatoms. The van der Waals surface area contributed by atoms with Crippen LogP contribution in [0.15, 0.2) is 71.9 Å². The number of hydrogen-bond acceptors (Lipinski definition) is 6. The molecule has 0 unspecified atom stereocenters. The lowest BCUT2D eigenvalue weighted by Gasteiger charge is -2.36. The van der Waals surface area contributed by atoms with E-state index in [1.54, 1.807) is 9.63 Å². The molecule has 0 amide bonds. The molecule has 4 aromatic rings. The maximum absolute atomic E-state index is 13.7. The monoisotopic (exact) mass is 520 g/mol. The fraction of sp³-hybridized carbons (Fsp3) is 0.312. The molecule has 198 valence electrons. The molecule has 3 aromatic carbocycles. The maximum atomic E-state index is 13.7. The third kappa shape index (κ3) is 4.00. The van der Waals surface area contributed by atoms with E-state index >= 15 is 0 Å². The Kier molecular flexibility index (Phi) is 5.52. The highest BCUT2D eigenvalue weighted by molar-refractivity contribution is 6.03. The molecule has 0 atom stereocenters. The summed E-state index contributed by atoms with van der Waals surface area (Å²) in [6.45, 7) is 7.31. The Labute approximate surface area is 228 Å². The number of fused-ring (bicyclic) bond motifs is 3. The third-order valence-electron chi connectivity index (χ3n) is 8.63. The molecule has 0 radical (unpaired) electrons. The SMILES string of the molecule is CC1=NCN(c2ccc(-c3ccc(C(=O)n4ccc5cc6c(cc54)C4(CCN(C)CC4)CO6)cc3)c(C)c2)O1. The molecule has 1 spiro atoms. The van der Waals surface area contributed by atoms with Gasteiger partial charge in [-0.05, 0) is 99.1 Å². The molecule has 3 aliphatic rings. The molecular weight excluding hydrogens is 488 g/mol. The third-order valence-corrected chi connectivity index (χ3v) is 8.63. The number of aryl methyl sites for hydroxylation is 1. The average Bonchev–Trinajstić information content (AvgIpc) is 3.66. The number of aliphatic imine (C=N–C) groups is 1. The fourth-order valence-electron chi connectivity index (χ4n) is 6.20. The predicted octanol–water partition coefficient (Wildman–Crippen LogP) is 5.79.